The number of unbranched alkanes of at least 4 members (excludes halogenated alkanes) is 4. The fraction of sp³-hybridized carbons (Fsp3) is 1.00. The molecule has 2 unspecified atom stereocenters. The van der Waals surface area contributed by atoms with Gasteiger partial charge in [-0.2, -0.15) is 11.8 Å². The van der Waals surface area contributed by atoms with Crippen LogP contribution in [0.2, 0.25) is 0 Å². The minimum Gasteiger partial charge on any atom is -0.375 e. The van der Waals surface area contributed by atoms with Crippen molar-refractivity contribution in [2.75, 3.05) is 18.1 Å². The molecule has 2 rings (SSSR count). The average molecular weight is 315 g/mol. The SMILES string of the molecule is CCCCCCCC(NN)C1CCOC2(CCSCC2)C1. The van der Waals surface area contributed by atoms with E-state index in [2.05, 4.69) is 24.1 Å². The van der Waals surface area contributed by atoms with Gasteiger partial charge < -0.3 is 4.74 Å². The van der Waals surface area contributed by atoms with E-state index in [1.54, 1.807) is 0 Å². The Labute approximate surface area is 135 Å². The molecule has 3 nitrogen and oxygen atoms in total. The third-order valence-electron chi connectivity index (χ3n) is 5.34. The lowest BCUT2D eigenvalue weighted by molar-refractivity contribution is -0.107. The zero-order valence-corrected chi connectivity index (χ0v) is 14.6. The van der Waals surface area contributed by atoms with E-state index in [4.69, 9.17) is 10.6 Å². The van der Waals surface area contributed by atoms with Crippen LogP contribution >= 0.6 is 11.8 Å². The van der Waals surface area contributed by atoms with Crippen molar-refractivity contribution in [1.82, 2.24) is 5.43 Å². The smallest absolute Gasteiger partial charge is 0.0701 e. The molecule has 4 heteroatoms. The first-order chi connectivity index (χ1) is 10.3. The predicted molar refractivity (Wildman–Crippen MR) is 92.5 cm³/mol. The summed E-state index contributed by atoms with van der Waals surface area (Å²) in [6.07, 6.45) is 12.8. The largest absolute Gasteiger partial charge is 0.375 e. The molecule has 1 spiro atoms. The molecule has 2 atom stereocenters. The van der Waals surface area contributed by atoms with Crippen LogP contribution in [0.1, 0.15) is 71.1 Å². The number of hydrazine groups is 1. The lowest BCUT2D eigenvalue weighted by atomic mass is 9.77. The Hall–Kier alpha value is 0.230. The molecular formula is C17H34N2OS. The van der Waals surface area contributed by atoms with E-state index < -0.39 is 0 Å². The number of nitrogens with two attached hydrogens (primary N) is 1. The molecule has 2 saturated heterocycles. The van der Waals surface area contributed by atoms with Gasteiger partial charge in [0.25, 0.3) is 0 Å². The third kappa shape index (κ3) is 5.42. The summed E-state index contributed by atoms with van der Waals surface area (Å²) in [4.78, 5) is 0. The number of hydrogen-bond donors (Lipinski definition) is 2. The molecular weight excluding hydrogens is 280 g/mol. The van der Waals surface area contributed by atoms with Gasteiger partial charge in [0.15, 0.2) is 0 Å². The van der Waals surface area contributed by atoms with E-state index in [-0.39, 0.29) is 5.60 Å². The van der Waals surface area contributed by atoms with Crippen LogP contribution in [0.3, 0.4) is 0 Å². The van der Waals surface area contributed by atoms with Crippen LogP contribution in [0.5, 0.6) is 0 Å². The molecule has 0 saturated carbocycles. The second-order valence-electron chi connectivity index (χ2n) is 6.87. The standard InChI is InChI=1S/C17H34N2OS/c1-2-3-4-5-6-7-16(19-18)15-8-11-20-17(14-15)9-12-21-13-10-17/h15-16,19H,2-14,18H2,1H3. The summed E-state index contributed by atoms with van der Waals surface area (Å²) in [6.45, 7) is 3.21. The third-order valence-corrected chi connectivity index (χ3v) is 6.32. The fourth-order valence-electron chi connectivity index (χ4n) is 3.92. The number of rotatable bonds is 8. The number of ether oxygens (including phenoxy) is 1. The Bertz CT molecular complexity index is 276. The van der Waals surface area contributed by atoms with Crippen molar-refractivity contribution in [3.05, 3.63) is 0 Å². The van der Waals surface area contributed by atoms with Crippen LogP contribution in [0.15, 0.2) is 0 Å². The Kier molecular flexibility index (Phi) is 7.86. The highest BCUT2D eigenvalue weighted by atomic mass is 32.2. The zero-order chi connectivity index (χ0) is 15.0. The van der Waals surface area contributed by atoms with E-state index in [1.807, 2.05) is 0 Å². The number of nitrogens with one attached hydrogen (secondary N) is 1. The van der Waals surface area contributed by atoms with Crippen LogP contribution < -0.4 is 11.3 Å². The van der Waals surface area contributed by atoms with Gasteiger partial charge in [-0.1, -0.05) is 39.0 Å². The van der Waals surface area contributed by atoms with E-state index >= 15 is 0 Å². The van der Waals surface area contributed by atoms with Gasteiger partial charge in [0.05, 0.1) is 5.60 Å². The molecule has 21 heavy (non-hydrogen) atoms. The van der Waals surface area contributed by atoms with Crippen LogP contribution in [0.4, 0.5) is 0 Å². The van der Waals surface area contributed by atoms with Gasteiger partial charge in [0.1, 0.15) is 0 Å². The highest BCUT2D eigenvalue weighted by Gasteiger charge is 2.40. The number of hydrogen-bond acceptors (Lipinski definition) is 4. The molecule has 124 valence electrons. The van der Waals surface area contributed by atoms with Crippen LogP contribution in [-0.2, 0) is 4.74 Å². The van der Waals surface area contributed by atoms with Crippen molar-refractivity contribution < 1.29 is 4.74 Å². The van der Waals surface area contributed by atoms with Crippen molar-refractivity contribution in [3.63, 3.8) is 0 Å². The molecule has 2 aliphatic heterocycles. The highest BCUT2D eigenvalue weighted by molar-refractivity contribution is 7.99. The number of thioether (sulfide) groups is 1. The summed E-state index contributed by atoms with van der Waals surface area (Å²) < 4.78 is 6.21. The molecule has 0 aromatic rings. The maximum absolute atomic E-state index is 6.21. The molecule has 0 aliphatic carbocycles. The summed E-state index contributed by atoms with van der Waals surface area (Å²) in [5.74, 6) is 9.11. The van der Waals surface area contributed by atoms with Gasteiger partial charge in [-0.15, -0.1) is 0 Å². The first-order valence-corrected chi connectivity index (χ1v) is 10.1. The maximum atomic E-state index is 6.21. The lowest BCUT2D eigenvalue weighted by Crippen LogP contribution is -2.50. The molecule has 0 aromatic carbocycles. The first kappa shape index (κ1) is 17.6. The summed E-state index contributed by atoms with van der Waals surface area (Å²) in [5.41, 5.74) is 3.31. The topological polar surface area (TPSA) is 47.3 Å². The minimum absolute atomic E-state index is 0.186. The van der Waals surface area contributed by atoms with Gasteiger partial charge >= 0.3 is 0 Å². The summed E-state index contributed by atoms with van der Waals surface area (Å²) in [6, 6.07) is 0.488. The summed E-state index contributed by atoms with van der Waals surface area (Å²) in [5, 5.41) is 0. The molecule has 0 radical (unpaired) electrons. The quantitative estimate of drug-likeness (QED) is 0.405. The first-order valence-electron chi connectivity index (χ1n) is 8.97. The minimum atomic E-state index is 0.186. The van der Waals surface area contributed by atoms with Gasteiger partial charge in [0, 0.05) is 12.6 Å². The molecule has 2 heterocycles. The Morgan fingerprint density at radius 3 is 2.71 bits per heavy atom. The van der Waals surface area contributed by atoms with Gasteiger partial charge in [-0.25, -0.2) is 0 Å². The van der Waals surface area contributed by atoms with Crippen molar-refractivity contribution in [3.8, 4) is 0 Å². The average Bonchev–Trinajstić information content (AvgIpc) is 2.52. The highest BCUT2D eigenvalue weighted by Crippen LogP contribution is 2.41. The zero-order valence-electron chi connectivity index (χ0n) is 13.7. The maximum Gasteiger partial charge on any atom is 0.0701 e. The van der Waals surface area contributed by atoms with Crippen LogP contribution in [0, 0.1) is 5.92 Å². The van der Waals surface area contributed by atoms with Crippen LogP contribution in [-0.4, -0.2) is 29.8 Å². The summed E-state index contributed by atoms with van der Waals surface area (Å²) in [7, 11) is 0. The molecule has 0 aromatic heterocycles. The molecule has 0 amide bonds. The molecule has 2 aliphatic rings. The van der Waals surface area contributed by atoms with E-state index in [0.717, 1.165) is 6.61 Å². The fourth-order valence-corrected chi connectivity index (χ4v) is 5.16. The van der Waals surface area contributed by atoms with Crippen LogP contribution in [0.25, 0.3) is 0 Å². The van der Waals surface area contributed by atoms with Gasteiger partial charge in [-0.3, -0.25) is 11.3 Å². The Morgan fingerprint density at radius 2 is 2.00 bits per heavy atom. The predicted octanol–water partition coefficient (Wildman–Crippen LogP) is 3.87. The second kappa shape index (κ2) is 9.39. The summed E-state index contributed by atoms with van der Waals surface area (Å²) >= 11 is 2.08. The molecule has 3 N–H and O–H groups in total. The molecule has 0 bridgehead atoms. The normalized spacial score (nSPS) is 26.9. The lowest BCUT2D eigenvalue weighted by Gasteiger charge is -2.45. The molecule has 2 fully saturated rings. The van der Waals surface area contributed by atoms with Crippen molar-refractivity contribution in [2.45, 2.75) is 82.8 Å². The monoisotopic (exact) mass is 314 g/mol. The van der Waals surface area contributed by atoms with E-state index in [9.17, 15) is 0 Å². The van der Waals surface area contributed by atoms with Crippen molar-refractivity contribution in [2.24, 2.45) is 11.8 Å². The second-order valence-corrected chi connectivity index (χ2v) is 8.10. The van der Waals surface area contributed by atoms with Gasteiger partial charge in [-0.05, 0) is 49.5 Å². The Balaban J connectivity index is 1.77. The van der Waals surface area contributed by atoms with E-state index in [1.165, 1.54) is 75.7 Å². The Morgan fingerprint density at radius 1 is 1.24 bits per heavy atom. The van der Waals surface area contributed by atoms with Crippen molar-refractivity contribution in [1.29, 1.82) is 0 Å². The van der Waals surface area contributed by atoms with Crippen molar-refractivity contribution >= 4 is 11.8 Å². The van der Waals surface area contributed by atoms with Gasteiger partial charge in [0.2, 0.25) is 0 Å². The van der Waals surface area contributed by atoms with E-state index in [0.29, 0.717) is 12.0 Å².